The fourth-order valence-corrected chi connectivity index (χ4v) is 2.90. The monoisotopic (exact) mass is 243 g/mol. The van der Waals surface area contributed by atoms with Crippen molar-refractivity contribution < 1.29 is 0 Å². The first-order valence-corrected chi connectivity index (χ1v) is 6.74. The molecule has 0 bridgehead atoms. The summed E-state index contributed by atoms with van der Waals surface area (Å²) in [4.78, 5) is 2.40. The lowest BCUT2D eigenvalue weighted by Crippen LogP contribution is -2.34. The first kappa shape index (κ1) is 12.9. The minimum atomic E-state index is 0.332. The van der Waals surface area contributed by atoms with Gasteiger partial charge >= 0.3 is 0 Å². The van der Waals surface area contributed by atoms with Crippen LogP contribution in [-0.4, -0.2) is 19.1 Å². The number of benzene rings is 1. The van der Waals surface area contributed by atoms with Crippen molar-refractivity contribution in [3.05, 3.63) is 29.8 Å². The maximum Gasteiger partial charge on any atom is 0.0643 e. The number of nitrogens with two attached hydrogens (primary N) is 1. The van der Waals surface area contributed by atoms with Crippen molar-refractivity contribution in [3.63, 3.8) is 0 Å². The van der Waals surface area contributed by atoms with Gasteiger partial charge in [0.1, 0.15) is 0 Å². The van der Waals surface area contributed by atoms with Crippen LogP contribution in [0, 0.1) is 11.3 Å². The van der Waals surface area contributed by atoms with Crippen molar-refractivity contribution in [2.45, 2.75) is 38.1 Å². The number of nitrogens with zero attached hydrogens (tertiary/aromatic N) is 2. The van der Waals surface area contributed by atoms with E-state index in [2.05, 4.69) is 42.2 Å². The molecule has 96 valence electrons. The molecule has 2 N–H and O–H groups in total. The first-order chi connectivity index (χ1) is 8.81. The van der Waals surface area contributed by atoms with E-state index in [4.69, 9.17) is 11.0 Å². The molecule has 1 aliphatic rings. The molecule has 3 nitrogen and oxygen atoms in total. The summed E-state index contributed by atoms with van der Waals surface area (Å²) in [6.07, 6.45) is 2.63. The summed E-state index contributed by atoms with van der Waals surface area (Å²) in [6.45, 7) is 3.89. The summed E-state index contributed by atoms with van der Waals surface area (Å²) in [5, 5.41) is 8.95. The van der Waals surface area contributed by atoms with E-state index in [0.29, 0.717) is 18.4 Å². The highest BCUT2D eigenvalue weighted by molar-refractivity contribution is 5.61. The minimum Gasteiger partial charge on any atom is -0.367 e. The lowest BCUT2D eigenvalue weighted by atomic mass is 9.98. The molecule has 18 heavy (non-hydrogen) atoms. The number of hydrogen-bond donors (Lipinski definition) is 1. The van der Waals surface area contributed by atoms with Crippen LogP contribution in [0.4, 0.5) is 5.69 Å². The third-order valence-electron chi connectivity index (χ3n) is 3.86. The average molecular weight is 243 g/mol. The Bertz CT molecular complexity index is 436. The standard InChI is InChI=1S/C15H21N3/c1-2-13(8-10-17)18-11-12(7-9-16)14-5-3-4-6-15(14)18/h3-6,12-13H,2,7-9,11,16H2,1H3. The number of rotatable bonds is 5. The van der Waals surface area contributed by atoms with E-state index in [1.165, 1.54) is 11.3 Å². The van der Waals surface area contributed by atoms with Crippen molar-refractivity contribution in [2.75, 3.05) is 18.0 Å². The molecule has 1 aromatic rings. The third-order valence-corrected chi connectivity index (χ3v) is 3.86. The van der Waals surface area contributed by atoms with E-state index in [0.717, 1.165) is 25.9 Å². The van der Waals surface area contributed by atoms with Gasteiger partial charge < -0.3 is 10.6 Å². The van der Waals surface area contributed by atoms with E-state index < -0.39 is 0 Å². The highest BCUT2D eigenvalue weighted by Crippen LogP contribution is 2.39. The molecule has 1 aromatic carbocycles. The fourth-order valence-electron chi connectivity index (χ4n) is 2.90. The summed E-state index contributed by atoms with van der Waals surface area (Å²) in [6, 6.07) is 11.2. The molecule has 0 saturated heterocycles. The number of fused-ring (bicyclic) bond motifs is 1. The number of para-hydroxylation sites is 1. The Kier molecular flexibility index (Phi) is 4.22. The second kappa shape index (κ2) is 5.88. The van der Waals surface area contributed by atoms with E-state index in [-0.39, 0.29) is 0 Å². The smallest absolute Gasteiger partial charge is 0.0643 e. The van der Waals surface area contributed by atoms with Crippen molar-refractivity contribution in [2.24, 2.45) is 5.73 Å². The normalized spacial score (nSPS) is 19.4. The van der Waals surface area contributed by atoms with Crippen molar-refractivity contribution in [3.8, 4) is 6.07 Å². The van der Waals surface area contributed by atoms with Crippen LogP contribution >= 0.6 is 0 Å². The summed E-state index contributed by atoms with van der Waals surface area (Å²) in [5.41, 5.74) is 8.41. The highest BCUT2D eigenvalue weighted by atomic mass is 15.2. The summed E-state index contributed by atoms with van der Waals surface area (Å²) in [5.74, 6) is 0.527. The quantitative estimate of drug-likeness (QED) is 0.865. The highest BCUT2D eigenvalue weighted by Gasteiger charge is 2.31. The Morgan fingerprint density at radius 1 is 1.50 bits per heavy atom. The molecule has 2 unspecified atom stereocenters. The van der Waals surface area contributed by atoms with Gasteiger partial charge in [-0.3, -0.25) is 0 Å². The Morgan fingerprint density at radius 3 is 2.94 bits per heavy atom. The van der Waals surface area contributed by atoms with Gasteiger partial charge in [0.15, 0.2) is 0 Å². The van der Waals surface area contributed by atoms with Gasteiger partial charge in [0.05, 0.1) is 12.5 Å². The second-order valence-corrected chi connectivity index (χ2v) is 4.91. The lowest BCUT2D eigenvalue weighted by Gasteiger charge is -2.28. The molecule has 2 rings (SSSR count). The molecule has 0 fully saturated rings. The van der Waals surface area contributed by atoms with E-state index >= 15 is 0 Å². The van der Waals surface area contributed by atoms with Gasteiger partial charge in [0, 0.05) is 24.2 Å². The van der Waals surface area contributed by atoms with Crippen molar-refractivity contribution in [1.29, 1.82) is 5.26 Å². The molecule has 0 amide bonds. The van der Waals surface area contributed by atoms with Gasteiger partial charge in [-0.15, -0.1) is 0 Å². The Balaban J connectivity index is 2.27. The predicted molar refractivity (Wildman–Crippen MR) is 74.5 cm³/mol. The second-order valence-electron chi connectivity index (χ2n) is 4.91. The van der Waals surface area contributed by atoms with Crippen molar-refractivity contribution >= 4 is 5.69 Å². The van der Waals surface area contributed by atoms with Crippen LogP contribution in [0.25, 0.3) is 0 Å². The van der Waals surface area contributed by atoms with Gasteiger partial charge in [0.2, 0.25) is 0 Å². The van der Waals surface area contributed by atoms with Crippen molar-refractivity contribution in [1.82, 2.24) is 0 Å². The molecular formula is C15H21N3. The molecule has 0 saturated carbocycles. The third kappa shape index (κ3) is 2.34. The lowest BCUT2D eigenvalue weighted by molar-refractivity contribution is 0.559. The molecule has 2 atom stereocenters. The fraction of sp³-hybridized carbons (Fsp3) is 0.533. The van der Waals surface area contributed by atoms with Crippen LogP contribution in [0.1, 0.15) is 37.7 Å². The zero-order chi connectivity index (χ0) is 13.0. The predicted octanol–water partition coefficient (Wildman–Crippen LogP) is 2.63. The van der Waals surface area contributed by atoms with Gasteiger partial charge in [-0.2, -0.15) is 5.26 Å². The number of anilines is 1. The Labute approximate surface area is 109 Å². The SMILES string of the molecule is CCC(CC#N)N1CC(CCN)c2ccccc21. The van der Waals surface area contributed by atoms with Crippen LogP contribution in [0.15, 0.2) is 24.3 Å². The molecule has 0 spiro atoms. The topological polar surface area (TPSA) is 53.0 Å². The molecule has 3 heteroatoms. The van der Waals surface area contributed by atoms with Gasteiger partial charge in [-0.25, -0.2) is 0 Å². The molecule has 1 aliphatic heterocycles. The van der Waals surface area contributed by atoms with Crippen LogP contribution in [0.3, 0.4) is 0 Å². The largest absolute Gasteiger partial charge is 0.367 e. The zero-order valence-corrected chi connectivity index (χ0v) is 11.0. The maximum atomic E-state index is 8.95. The maximum absolute atomic E-state index is 8.95. The Morgan fingerprint density at radius 2 is 2.28 bits per heavy atom. The summed E-state index contributed by atoms with van der Waals surface area (Å²) >= 11 is 0. The molecular weight excluding hydrogens is 222 g/mol. The summed E-state index contributed by atoms with van der Waals surface area (Å²) < 4.78 is 0. The van der Waals surface area contributed by atoms with Gasteiger partial charge in [0.25, 0.3) is 0 Å². The van der Waals surface area contributed by atoms with E-state index in [9.17, 15) is 0 Å². The number of hydrogen-bond acceptors (Lipinski definition) is 3. The zero-order valence-electron chi connectivity index (χ0n) is 11.0. The van der Waals surface area contributed by atoms with Gasteiger partial charge in [-0.05, 0) is 31.0 Å². The van der Waals surface area contributed by atoms with Gasteiger partial charge in [-0.1, -0.05) is 25.1 Å². The van der Waals surface area contributed by atoms with Crippen LogP contribution in [0.5, 0.6) is 0 Å². The minimum absolute atomic E-state index is 0.332. The van der Waals surface area contributed by atoms with E-state index in [1.807, 2.05) is 0 Å². The molecule has 0 aromatic heterocycles. The van der Waals surface area contributed by atoms with Crippen LogP contribution in [0.2, 0.25) is 0 Å². The number of nitriles is 1. The van der Waals surface area contributed by atoms with Crippen LogP contribution in [-0.2, 0) is 0 Å². The Hall–Kier alpha value is -1.53. The van der Waals surface area contributed by atoms with Crippen LogP contribution < -0.4 is 10.6 Å². The van der Waals surface area contributed by atoms with E-state index in [1.54, 1.807) is 0 Å². The summed E-state index contributed by atoms with van der Waals surface area (Å²) in [7, 11) is 0. The molecule has 0 radical (unpaired) electrons. The average Bonchev–Trinajstić information content (AvgIpc) is 2.76. The first-order valence-electron chi connectivity index (χ1n) is 6.74. The molecule has 1 heterocycles. The molecule has 0 aliphatic carbocycles.